The van der Waals surface area contributed by atoms with E-state index in [4.69, 9.17) is 0 Å². The average molecular weight is 310 g/mol. The van der Waals surface area contributed by atoms with E-state index in [1.807, 2.05) is 0 Å². The number of hydrogen-bond acceptors (Lipinski definition) is 4. The van der Waals surface area contributed by atoms with Gasteiger partial charge in [0, 0.05) is 12.1 Å². The molecule has 0 unspecified atom stereocenters. The Balaban J connectivity index is 2.27. The summed E-state index contributed by atoms with van der Waals surface area (Å²) in [7, 11) is -2.28. The van der Waals surface area contributed by atoms with Gasteiger partial charge >= 0.3 is 0 Å². The highest BCUT2D eigenvalue weighted by Crippen LogP contribution is 2.23. The van der Waals surface area contributed by atoms with Gasteiger partial charge in [0.1, 0.15) is 16.5 Å². The second kappa shape index (κ2) is 6.11. The number of aromatic hydroxyl groups is 1. The van der Waals surface area contributed by atoms with Crippen LogP contribution < -0.4 is 10.0 Å². The highest BCUT2D eigenvalue weighted by atomic mass is 32.2. The lowest BCUT2D eigenvalue weighted by molar-refractivity contribution is 0.466. The molecular weight excluding hydrogens is 295 g/mol. The van der Waals surface area contributed by atoms with E-state index < -0.39 is 15.8 Å². The van der Waals surface area contributed by atoms with E-state index in [2.05, 4.69) is 10.0 Å². The zero-order valence-corrected chi connectivity index (χ0v) is 12.1. The number of phenols is 1. The highest BCUT2D eigenvalue weighted by molar-refractivity contribution is 7.89. The zero-order valence-electron chi connectivity index (χ0n) is 11.3. The fourth-order valence-electron chi connectivity index (χ4n) is 1.84. The lowest BCUT2D eigenvalue weighted by atomic mass is 10.2. The van der Waals surface area contributed by atoms with Crippen molar-refractivity contribution in [2.24, 2.45) is 0 Å². The van der Waals surface area contributed by atoms with Gasteiger partial charge in [-0.2, -0.15) is 0 Å². The largest absolute Gasteiger partial charge is 0.508 e. The lowest BCUT2D eigenvalue weighted by Gasteiger charge is -2.12. The van der Waals surface area contributed by atoms with Crippen molar-refractivity contribution >= 4 is 15.7 Å². The third-order valence-corrected chi connectivity index (χ3v) is 4.43. The summed E-state index contributed by atoms with van der Waals surface area (Å²) in [5.74, 6) is -0.529. The first-order valence-electron chi connectivity index (χ1n) is 6.18. The fourth-order valence-corrected chi connectivity index (χ4v) is 2.75. The molecule has 2 aromatic rings. The molecule has 3 N–H and O–H groups in total. The molecule has 21 heavy (non-hydrogen) atoms. The highest BCUT2D eigenvalue weighted by Gasteiger charge is 2.16. The van der Waals surface area contributed by atoms with Crippen LogP contribution in [-0.2, 0) is 16.6 Å². The summed E-state index contributed by atoms with van der Waals surface area (Å²) < 4.78 is 39.2. The Kier molecular flexibility index (Phi) is 4.44. The van der Waals surface area contributed by atoms with Crippen LogP contribution in [0.25, 0.3) is 0 Å². The number of nitrogens with one attached hydrogen (secondary N) is 2. The Morgan fingerprint density at radius 3 is 2.62 bits per heavy atom. The van der Waals surface area contributed by atoms with Crippen molar-refractivity contribution in [3.63, 3.8) is 0 Å². The van der Waals surface area contributed by atoms with Gasteiger partial charge in [-0.3, -0.25) is 0 Å². The summed E-state index contributed by atoms with van der Waals surface area (Å²) in [6, 6.07) is 9.94. The minimum Gasteiger partial charge on any atom is -0.508 e. The third-order valence-electron chi connectivity index (χ3n) is 2.96. The number of rotatable bonds is 5. The Hall–Kier alpha value is -2.12. The van der Waals surface area contributed by atoms with Gasteiger partial charge in [0.25, 0.3) is 0 Å². The van der Waals surface area contributed by atoms with E-state index in [0.29, 0.717) is 11.3 Å². The van der Waals surface area contributed by atoms with E-state index >= 15 is 0 Å². The Labute approximate surface area is 122 Å². The van der Waals surface area contributed by atoms with Crippen LogP contribution in [0.3, 0.4) is 0 Å². The minimum atomic E-state index is -3.60. The van der Waals surface area contributed by atoms with Gasteiger partial charge < -0.3 is 10.4 Å². The molecule has 0 radical (unpaired) electrons. The third kappa shape index (κ3) is 3.50. The first-order valence-corrected chi connectivity index (χ1v) is 7.66. The minimum absolute atomic E-state index is 0.0575. The van der Waals surface area contributed by atoms with Gasteiger partial charge in [0.05, 0.1) is 5.69 Å². The molecule has 0 aliphatic rings. The van der Waals surface area contributed by atoms with Crippen molar-refractivity contribution < 1.29 is 17.9 Å². The molecule has 0 aliphatic carbocycles. The van der Waals surface area contributed by atoms with E-state index in [1.165, 1.54) is 25.2 Å². The molecule has 2 rings (SSSR count). The summed E-state index contributed by atoms with van der Waals surface area (Å²) in [6.07, 6.45) is 0. The topological polar surface area (TPSA) is 78.4 Å². The number of hydrogen-bond donors (Lipinski definition) is 3. The summed E-state index contributed by atoms with van der Waals surface area (Å²) in [5.41, 5.74) is 0.710. The first-order chi connectivity index (χ1) is 9.94. The molecule has 112 valence electrons. The summed E-state index contributed by atoms with van der Waals surface area (Å²) in [4.78, 5) is 0.0865. The maximum absolute atomic E-state index is 13.2. The predicted molar refractivity (Wildman–Crippen MR) is 78.1 cm³/mol. The molecule has 0 fully saturated rings. The summed E-state index contributed by atoms with van der Waals surface area (Å²) in [5, 5.41) is 12.5. The quantitative estimate of drug-likeness (QED) is 0.790. The summed E-state index contributed by atoms with van der Waals surface area (Å²) in [6.45, 7) is 0.0971. The number of anilines is 1. The Morgan fingerprint density at radius 1 is 1.19 bits per heavy atom. The van der Waals surface area contributed by atoms with Gasteiger partial charge in [-0.1, -0.05) is 12.1 Å². The van der Waals surface area contributed by atoms with Crippen LogP contribution in [0.15, 0.2) is 47.4 Å². The molecule has 0 atom stereocenters. The van der Waals surface area contributed by atoms with Crippen LogP contribution in [0.5, 0.6) is 5.75 Å². The van der Waals surface area contributed by atoms with Gasteiger partial charge in [0.2, 0.25) is 10.0 Å². The zero-order chi connectivity index (χ0) is 15.5. The number of phenolic OH excluding ortho intramolecular Hbond substituents is 1. The summed E-state index contributed by atoms with van der Waals surface area (Å²) >= 11 is 0. The van der Waals surface area contributed by atoms with Crippen LogP contribution >= 0.6 is 0 Å². The molecule has 0 saturated heterocycles. The normalized spacial score (nSPS) is 11.3. The van der Waals surface area contributed by atoms with Gasteiger partial charge in [0.15, 0.2) is 0 Å². The maximum atomic E-state index is 13.2. The standard InChI is InChI=1S/C14H15FN2O3S/c1-16-21(19,20)14-5-3-2-4-12(14)17-9-10-8-11(15)6-7-13(10)18/h2-8,16-18H,9H2,1H3. The van der Waals surface area contributed by atoms with Crippen molar-refractivity contribution in [2.75, 3.05) is 12.4 Å². The van der Waals surface area contributed by atoms with Crippen molar-refractivity contribution in [1.29, 1.82) is 0 Å². The van der Waals surface area contributed by atoms with Crippen LogP contribution in [-0.4, -0.2) is 20.6 Å². The van der Waals surface area contributed by atoms with E-state index in [-0.39, 0.29) is 17.2 Å². The SMILES string of the molecule is CNS(=O)(=O)c1ccccc1NCc1cc(F)ccc1O. The molecule has 0 aliphatic heterocycles. The Morgan fingerprint density at radius 2 is 1.90 bits per heavy atom. The second-order valence-electron chi connectivity index (χ2n) is 4.33. The lowest BCUT2D eigenvalue weighted by Crippen LogP contribution is -2.20. The molecule has 0 amide bonds. The monoisotopic (exact) mass is 310 g/mol. The van der Waals surface area contributed by atoms with Gasteiger partial charge in [-0.05, 0) is 37.4 Å². The van der Waals surface area contributed by atoms with Gasteiger partial charge in [-0.25, -0.2) is 17.5 Å². The fraction of sp³-hybridized carbons (Fsp3) is 0.143. The van der Waals surface area contributed by atoms with Crippen LogP contribution in [0.4, 0.5) is 10.1 Å². The number of benzene rings is 2. The smallest absolute Gasteiger partial charge is 0.242 e. The van der Waals surface area contributed by atoms with Crippen molar-refractivity contribution in [2.45, 2.75) is 11.4 Å². The average Bonchev–Trinajstić information content (AvgIpc) is 2.48. The molecule has 0 bridgehead atoms. The molecule has 0 spiro atoms. The number of sulfonamides is 1. The number of para-hydroxylation sites is 1. The van der Waals surface area contributed by atoms with Gasteiger partial charge in [-0.15, -0.1) is 0 Å². The second-order valence-corrected chi connectivity index (χ2v) is 6.19. The number of halogens is 1. The molecule has 0 heterocycles. The van der Waals surface area contributed by atoms with Crippen LogP contribution in [0.1, 0.15) is 5.56 Å². The Bertz CT molecular complexity index is 748. The van der Waals surface area contributed by atoms with Crippen molar-refractivity contribution in [3.05, 3.63) is 53.8 Å². The first kappa shape index (κ1) is 15.3. The van der Waals surface area contributed by atoms with E-state index in [9.17, 15) is 17.9 Å². The molecule has 0 aromatic heterocycles. The van der Waals surface area contributed by atoms with Crippen LogP contribution in [0, 0.1) is 5.82 Å². The molecule has 7 heteroatoms. The van der Waals surface area contributed by atoms with Crippen molar-refractivity contribution in [3.8, 4) is 5.75 Å². The molecule has 2 aromatic carbocycles. The molecule has 0 saturated carbocycles. The predicted octanol–water partition coefficient (Wildman–Crippen LogP) is 2.05. The van der Waals surface area contributed by atoms with Crippen LogP contribution in [0.2, 0.25) is 0 Å². The maximum Gasteiger partial charge on any atom is 0.242 e. The molecular formula is C14H15FN2O3S. The van der Waals surface area contributed by atoms with E-state index in [1.54, 1.807) is 18.2 Å². The molecule has 5 nitrogen and oxygen atoms in total. The van der Waals surface area contributed by atoms with Crippen molar-refractivity contribution in [1.82, 2.24) is 4.72 Å². The van der Waals surface area contributed by atoms with E-state index in [0.717, 1.165) is 6.07 Å².